The van der Waals surface area contributed by atoms with Crippen molar-refractivity contribution in [2.75, 3.05) is 0 Å². The average Bonchev–Trinajstić information content (AvgIpc) is 2.93. The second-order valence-electron chi connectivity index (χ2n) is 5.69. The van der Waals surface area contributed by atoms with Gasteiger partial charge in [0.2, 0.25) is 5.65 Å². The van der Waals surface area contributed by atoms with Gasteiger partial charge in [-0.05, 0) is 53.0 Å². The normalized spacial score (nSPS) is 15.7. The minimum Gasteiger partial charge on any atom is -0.358 e. The van der Waals surface area contributed by atoms with E-state index in [9.17, 15) is 10.1 Å². The molecule has 0 spiro atoms. The highest BCUT2D eigenvalue weighted by atomic mass is 16.6. The summed E-state index contributed by atoms with van der Waals surface area (Å²) in [5.41, 5.74) is 4.63. The topological polar surface area (TPSA) is 60.4 Å². The number of allylic oxidation sites excluding steroid dienone is 1. The van der Waals surface area contributed by atoms with Crippen molar-refractivity contribution >= 4 is 23.1 Å². The van der Waals surface area contributed by atoms with Gasteiger partial charge in [-0.25, -0.2) is 4.98 Å². The number of imidazole rings is 1. The van der Waals surface area contributed by atoms with E-state index in [1.54, 1.807) is 18.3 Å². The first-order chi connectivity index (χ1) is 11.2. The van der Waals surface area contributed by atoms with E-state index in [4.69, 9.17) is 0 Å². The maximum Gasteiger partial charge on any atom is 0.355 e. The minimum atomic E-state index is -0.360. The third kappa shape index (κ3) is 2.30. The van der Waals surface area contributed by atoms with Gasteiger partial charge in [0.1, 0.15) is 0 Å². The second-order valence-corrected chi connectivity index (χ2v) is 5.69. The number of pyridine rings is 1. The van der Waals surface area contributed by atoms with Crippen LogP contribution in [0.4, 0.5) is 5.82 Å². The summed E-state index contributed by atoms with van der Waals surface area (Å²) < 4.78 is 1.53. The van der Waals surface area contributed by atoms with E-state index in [1.807, 2.05) is 24.3 Å². The molecule has 0 amide bonds. The van der Waals surface area contributed by atoms with Crippen LogP contribution in [-0.2, 0) is 6.42 Å². The molecule has 0 aliphatic heterocycles. The predicted octanol–water partition coefficient (Wildman–Crippen LogP) is 4.12. The standard InChI is InChI=1S/C18H15N3O2/c22-21(23)18-16(19-17-10-3-4-11-20(17)18)12-14-8-5-7-13-6-1-2-9-15(13)14/h1-4,6,9-12H,5,7-8H2/b14-12+. The molecule has 1 aliphatic rings. The number of aryl methyl sites for hydroxylation is 1. The minimum absolute atomic E-state index is 0.0242. The van der Waals surface area contributed by atoms with Crippen LogP contribution in [0.25, 0.3) is 17.3 Å². The zero-order valence-electron chi connectivity index (χ0n) is 12.5. The molecular formula is C18H15N3O2. The van der Waals surface area contributed by atoms with Crippen LogP contribution >= 0.6 is 0 Å². The molecule has 5 heteroatoms. The maximum atomic E-state index is 11.5. The maximum absolute atomic E-state index is 11.5. The largest absolute Gasteiger partial charge is 0.358 e. The molecule has 5 nitrogen and oxygen atoms in total. The fourth-order valence-electron chi connectivity index (χ4n) is 3.25. The van der Waals surface area contributed by atoms with Crippen LogP contribution < -0.4 is 0 Å². The Hall–Kier alpha value is -2.95. The Morgan fingerprint density at radius 2 is 1.96 bits per heavy atom. The summed E-state index contributed by atoms with van der Waals surface area (Å²) >= 11 is 0. The molecule has 4 rings (SSSR count). The Morgan fingerprint density at radius 3 is 2.83 bits per heavy atom. The van der Waals surface area contributed by atoms with Gasteiger partial charge in [0.15, 0.2) is 5.69 Å². The van der Waals surface area contributed by atoms with Gasteiger partial charge in [-0.2, -0.15) is 4.40 Å². The van der Waals surface area contributed by atoms with Crippen molar-refractivity contribution in [1.29, 1.82) is 0 Å². The van der Waals surface area contributed by atoms with E-state index in [1.165, 1.54) is 15.5 Å². The van der Waals surface area contributed by atoms with Crippen LogP contribution in [-0.4, -0.2) is 14.3 Å². The van der Waals surface area contributed by atoms with Crippen LogP contribution in [0.15, 0.2) is 48.7 Å². The van der Waals surface area contributed by atoms with E-state index < -0.39 is 0 Å². The fraction of sp³-hybridized carbons (Fsp3) is 0.167. The number of rotatable bonds is 2. The van der Waals surface area contributed by atoms with Crippen LogP contribution in [0.1, 0.15) is 29.7 Å². The van der Waals surface area contributed by atoms with Crippen LogP contribution in [0, 0.1) is 10.1 Å². The Kier molecular flexibility index (Phi) is 3.19. The van der Waals surface area contributed by atoms with Gasteiger partial charge in [0, 0.05) is 6.07 Å². The number of aromatic nitrogens is 2. The number of nitro groups is 1. The molecule has 0 N–H and O–H groups in total. The SMILES string of the molecule is O=[N+]([O-])c1c(/C=C2\CCCc3ccccc32)nc2ccccn12. The molecule has 0 fully saturated rings. The molecule has 0 radical (unpaired) electrons. The van der Waals surface area contributed by atoms with Gasteiger partial charge in [-0.3, -0.25) is 0 Å². The summed E-state index contributed by atoms with van der Waals surface area (Å²) in [6.45, 7) is 0. The number of nitrogens with zero attached hydrogens (tertiary/aromatic N) is 3. The molecule has 114 valence electrons. The molecule has 0 saturated carbocycles. The third-order valence-corrected chi connectivity index (χ3v) is 4.27. The molecule has 0 atom stereocenters. The van der Waals surface area contributed by atoms with Crippen LogP contribution in [0.5, 0.6) is 0 Å². The lowest BCUT2D eigenvalue weighted by Gasteiger charge is -2.18. The summed E-state index contributed by atoms with van der Waals surface area (Å²) in [5, 5.41) is 11.5. The highest BCUT2D eigenvalue weighted by Crippen LogP contribution is 2.33. The lowest BCUT2D eigenvalue weighted by molar-refractivity contribution is -0.390. The Bertz CT molecular complexity index is 940. The second kappa shape index (κ2) is 5.35. The Balaban J connectivity index is 1.91. The van der Waals surface area contributed by atoms with Gasteiger partial charge in [0.25, 0.3) is 0 Å². The zero-order valence-corrected chi connectivity index (χ0v) is 12.5. The smallest absolute Gasteiger partial charge is 0.355 e. The van der Waals surface area contributed by atoms with E-state index in [2.05, 4.69) is 17.1 Å². The monoisotopic (exact) mass is 305 g/mol. The predicted molar refractivity (Wildman–Crippen MR) is 89.1 cm³/mol. The fourth-order valence-corrected chi connectivity index (χ4v) is 3.25. The Labute approximate surface area is 133 Å². The number of hydrogen-bond donors (Lipinski definition) is 0. The first kappa shape index (κ1) is 13.7. The van der Waals surface area contributed by atoms with E-state index in [0.29, 0.717) is 11.3 Å². The molecule has 2 heterocycles. The Morgan fingerprint density at radius 1 is 1.13 bits per heavy atom. The third-order valence-electron chi connectivity index (χ3n) is 4.27. The molecule has 0 unspecified atom stereocenters. The molecule has 0 bridgehead atoms. The van der Waals surface area contributed by atoms with E-state index >= 15 is 0 Å². The summed E-state index contributed by atoms with van der Waals surface area (Å²) in [6, 6.07) is 13.6. The van der Waals surface area contributed by atoms with Crippen molar-refractivity contribution in [1.82, 2.24) is 9.38 Å². The molecule has 2 aromatic heterocycles. The van der Waals surface area contributed by atoms with Crippen molar-refractivity contribution in [3.8, 4) is 0 Å². The summed E-state index contributed by atoms with van der Waals surface area (Å²) in [6.07, 6.45) is 6.59. The number of fused-ring (bicyclic) bond motifs is 2. The average molecular weight is 305 g/mol. The molecule has 3 aromatic rings. The van der Waals surface area contributed by atoms with Crippen molar-refractivity contribution in [2.24, 2.45) is 0 Å². The van der Waals surface area contributed by atoms with Gasteiger partial charge >= 0.3 is 5.82 Å². The lowest BCUT2D eigenvalue weighted by Crippen LogP contribution is -2.01. The van der Waals surface area contributed by atoms with Crippen molar-refractivity contribution in [3.63, 3.8) is 0 Å². The number of benzene rings is 1. The van der Waals surface area contributed by atoms with Crippen molar-refractivity contribution in [3.05, 3.63) is 75.6 Å². The van der Waals surface area contributed by atoms with Crippen molar-refractivity contribution in [2.45, 2.75) is 19.3 Å². The highest BCUT2D eigenvalue weighted by Gasteiger charge is 2.22. The van der Waals surface area contributed by atoms with Gasteiger partial charge < -0.3 is 10.1 Å². The van der Waals surface area contributed by atoms with Crippen LogP contribution in [0.2, 0.25) is 0 Å². The summed E-state index contributed by atoms with van der Waals surface area (Å²) in [4.78, 5) is 15.6. The molecule has 23 heavy (non-hydrogen) atoms. The highest BCUT2D eigenvalue weighted by molar-refractivity contribution is 5.85. The summed E-state index contributed by atoms with van der Waals surface area (Å²) in [5.74, 6) is 0.0242. The van der Waals surface area contributed by atoms with Gasteiger partial charge in [0.05, 0.1) is 6.20 Å². The molecule has 1 aromatic carbocycles. The molecule has 1 aliphatic carbocycles. The first-order valence-corrected chi connectivity index (χ1v) is 7.64. The molecular weight excluding hydrogens is 290 g/mol. The van der Waals surface area contributed by atoms with Gasteiger partial charge in [-0.1, -0.05) is 30.3 Å². The lowest BCUT2D eigenvalue weighted by atomic mass is 9.87. The van der Waals surface area contributed by atoms with E-state index in [-0.39, 0.29) is 10.7 Å². The number of hydrogen-bond acceptors (Lipinski definition) is 3. The molecule has 0 saturated heterocycles. The quantitative estimate of drug-likeness (QED) is 0.528. The van der Waals surface area contributed by atoms with Crippen molar-refractivity contribution < 1.29 is 4.92 Å². The van der Waals surface area contributed by atoms with E-state index in [0.717, 1.165) is 24.8 Å². The summed E-state index contributed by atoms with van der Waals surface area (Å²) in [7, 11) is 0. The zero-order chi connectivity index (χ0) is 15.8. The van der Waals surface area contributed by atoms with Crippen LogP contribution in [0.3, 0.4) is 0 Å². The first-order valence-electron chi connectivity index (χ1n) is 7.64. The van der Waals surface area contributed by atoms with Gasteiger partial charge in [-0.15, -0.1) is 0 Å².